The minimum Gasteiger partial charge on any atom is -0.385 e. The van der Waals surface area contributed by atoms with Gasteiger partial charge in [0.25, 0.3) is 0 Å². The normalized spacial score (nSPS) is 32.5. The smallest absolute Gasteiger partial charge is 0.225 e. The summed E-state index contributed by atoms with van der Waals surface area (Å²) in [7, 11) is 3.62. The first-order valence-electron chi connectivity index (χ1n) is 5.96. The average molecular weight is 211 g/mol. The molecule has 0 bridgehead atoms. The summed E-state index contributed by atoms with van der Waals surface area (Å²) in [5.41, 5.74) is 0. The Balaban J connectivity index is 1.70. The largest absolute Gasteiger partial charge is 0.385 e. The first-order chi connectivity index (χ1) is 7.22. The third-order valence-electron chi connectivity index (χ3n) is 3.81. The lowest BCUT2D eigenvalue weighted by atomic mass is 10.0. The van der Waals surface area contributed by atoms with Gasteiger partial charge < -0.3 is 9.64 Å². The van der Waals surface area contributed by atoms with E-state index in [2.05, 4.69) is 0 Å². The van der Waals surface area contributed by atoms with Crippen LogP contribution in [-0.4, -0.2) is 38.1 Å². The molecule has 2 saturated carbocycles. The summed E-state index contributed by atoms with van der Waals surface area (Å²) < 4.78 is 4.98. The minimum absolute atomic E-state index is 0.335. The first kappa shape index (κ1) is 10.9. The first-order valence-corrected chi connectivity index (χ1v) is 5.96. The Hall–Kier alpha value is -0.570. The number of amides is 1. The molecule has 2 rings (SSSR count). The highest BCUT2D eigenvalue weighted by Crippen LogP contribution is 2.54. The van der Waals surface area contributed by atoms with E-state index in [1.807, 2.05) is 11.9 Å². The van der Waals surface area contributed by atoms with Gasteiger partial charge in [0.1, 0.15) is 0 Å². The summed E-state index contributed by atoms with van der Waals surface area (Å²) in [6.07, 6.45) is 4.63. The van der Waals surface area contributed by atoms with Crippen molar-refractivity contribution >= 4 is 5.91 Å². The molecule has 0 saturated heterocycles. The van der Waals surface area contributed by atoms with Crippen LogP contribution in [0.2, 0.25) is 0 Å². The molecular formula is C12H21NO2. The van der Waals surface area contributed by atoms with Crippen LogP contribution < -0.4 is 0 Å². The Kier molecular flexibility index (Phi) is 3.29. The lowest BCUT2D eigenvalue weighted by molar-refractivity contribution is -0.134. The molecule has 86 valence electrons. The van der Waals surface area contributed by atoms with Gasteiger partial charge in [0.15, 0.2) is 0 Å². The van der Waals surface area contributed by atoms with Gasteiger partial charge in [-0.15, -0.1) is 0 Å². The van der Waals surface area contributed by atoms with Crippen LogP contribution in [0.15, 0.2) is 0 Å². The SMILES string of the molecule is COCCCN(C)C(=O)C1CC2CC2C1. The Labute approximate surface area is 91.8 Å². The Morgan fingerprint density at radius 3 is 2.60 bits per heavy atom. The molecular weight excluding hydrogens is 190 g/mol. The summed E-state index contributed by atoms with van der Waals surface area (Å²) in [6, 6.07) is 0. The number of ether oxygens (including phenoxy) is 1. The van der Waals surface area contributed by atoms with Crippen molar-refractivity contribution in [1.82, 2.24) is 4.90 Å². The molecule has 0 spiro atoms. The summed E-state index contributed by atoms with van der Waals surface area (Å²) in [5, 5.41) is 0. The van der Waals surface area contributed by atoms with Gasteiger partial charge in [0.2, 0.25) is 5.91 Å². The predicted octanol–water partition coefficient (Wildman–Crippen LogP) is 1.53. The van der Waals surface area contributed by atoms with E-state index < -0.39 is 0 Å². The number of carbonyl (C=O) groups excluding carboxylic acids is 1. The fourth-order valence-electron chi connectivity index (χ4n) is 2.78. The van der Waals surface area contributed by atoms with Gasteiger partial charge in [0.05, 0.1) is 0 Å². The number of fused-ring (bicyclic) bond motifs is 1. The van der Waals surface area contributed by atoms with Crippen molar-refractivity contribution in [1.29, 1.82) is 0 Å². The fraction of sp³-hybridized carbons (Fsp3) is 0.917. The minimum atomic E-state index is 0.335. The number of rotatable bonds is 5. The molecule has 2 unspecified atom stereocenters. The highest BCUT2D eigenvalue weighted by atomic mass is 16.5. The van der Waals surface area contributed by atoms with Gasteiger partial charge in [-0.3, -0.25) is 4.79 Å². The maximum Gasteiger partial charge on any atom is 0.225 e. The standard InChI is InChI=1S/C12H21NO2/c1-13(4-3-5-15-2)12(14)11-7-9-6-10(9)8-11/h9-11H,3-8H2,1-2H3. The maximum absolute atomic E-state index is 12.0. The van der Waals surface area contributed by atoms with Crippen molar-refractivity contribution in [3.8, 4) is 0 Å². The van der Waals surface area contributed by atoms with E-state index in [1.54, 1.807) is 7.11 Å². The van der Waals surface area contributed by atoms with Crippen molar-refractivity contribution < 1.29 is 9.53 Å². The molecule has 0 aliphatic heterocycles. The molecule has 0 N–H and O–H groups in total. The van der Waals surface area contributed by atoms with Crippen molar-refractivity contribution in [2.24, 2.45) is 17.8 Å². The van der Waals surface area contributed by atoms with E-state index in [9.17, 15) is 4.79 Å². The lowest BCUT2D eigenvalue weighted by Crippen LogP contribution is -2.33. The molecule has 0 heterocycles. The number of nitrogens with zero attached hydrogens (tertiary/aromatic N) is 1. The summed E-state index contributed by atoms with van der Waals surface area (Å²) in [6.45, 7) is 1.58. The molecule has 1 amide bonds. The third kappa shape index (κ3) is 2.51. The van der Waals surface area contributed by atoms with E-state index in [0.29, 0.717) is 11.8 Å². The van der Waals surface area contributed by atoms with Crippen LogP contribution in [0, 0.1) is 17.8 Å². The van der Waals surface area contributed by atoms with Gasteiger partial charge in [-0.1, -0.05) is 0 Å². The number of carbonyl (C=O) groups is 1. The van der Waals surface area contributed by atoms with Gasteiger partial charge in [-0.25, -0.2) is 0 Å². The zero-order chi connectivity index (χ0) is 10.8. The van der Waals surface area contributed by atoms with Crippen molar-refractivity contribution in [2.75, 3.05) is 27.3 Å². The van der Waals surface area contributed by atoms with Crippen LogP contribution >= 0.6 is 0 Å². The number of hydrogen-bond donors (Lipinski definition) is 0. The molecule has 3 nitrogen and oxygen atoms in total. The Morgan fingerprint density at radius 2 is 2.00 bits per heavy atom. The molecule has 2 aliphatic carbocycles. The highest BCUT2D eigenvalue weighted by molar-refractivity contribution is 5.79. The number of methoxy groups -OCH3 is 1. The molecule has 2 atom stereocenters. The highest BCUT2D eigenvalue weighted by Gasteiger charge is 2.48. The second kappa shape index (κ2) is 4.52. The second-order valence-electron chi connectivity index (χ2n) is 5.03. The van der Waals surface area contributed by atoms with Gasteiger partial charge in [-0.05, 0) is 37.5 Å². The second-order valence-corrected chi connectivity index (χ2v) is 5.03. The predicted molar refractivity (Wildman–Crippen MR) is 58.5 cm³/mol. The van der Waals surface area contributed by atoms with Crippen LogP contribution in [0.3, 0.4) is 0 Å². The van der Waals surface area contributed by atoms with Crippen molar-refractivity contribution in [2.45, 2.75) is 25.7 Å². The summed E-state index contributed by atoms with van der Waals surface area (Å²) in [4.78, 5) is 13.9. The topological polar surface area (TPSA) is 29.5 Å². The molecule has 2 aliphatic rings. The average Bonchev–Trinajstić information content (AvgIpc) is 2.85. The van der Waals surface area contributed by atoms with E-state index in [0.717, 1.165) is 44.2 Å². The van der Waals surface area contributed by atoms with Gasteiger partial charge >= 0.3 is 0 Å². The third-order valence-corrected chi connectivity index (χ3v) is 3.81. The van der Waals surface area contributed by atoms with Crippen LogP contribution in [-0.2, 0) is 9.53 Å². The Bertz CT molecular complexity index is 232. The van der Waals surface area contributed by atoms with Crippen LogP contribution in [0.1, 0.15) is 25.7 Å². The zero-order valence-electron chi connectivity index (χ0n) is 9.74. The van der Waals surface area contributed by atoms with Crippen molar-refractivity contribution in [3.05, 3.63) is 0 Å². The van der Waals surface area contributed by atoms with Crippen LogP contribution in [0.5, 0.6) is 0 Å². The quantitative estimate of drug-likeness (QED) is 0.645. The lowest BCUT2D eigenvalue weighted by Gasteiger charge is -2.21. The molecule has 15 heavy (non-hydrogen) atoms. The fourth-order valence-corrected chi connectivity index (χ4v) is 2.78. The Morgan fingerprint density at radius 1 is 1.33 bits per heavy atom. The van der Waals surface area contributed by atoms with Crippen LogP contribution in [0.25, 0.3) is 0 Å². The van der Waals surface area contributed by atoms with E-state index in [4.69, 9.17) is 4.74 Å². The van der Waals surface area contributed by atoms with E-state index >= 15 is 0 Å². The number of hydrogen-bond acceptors (Lipinski definition) is 2. The monoisotopic (exact) mass is 211 g/mol. The zero-order valence-corrected chi connectivity index (χ0v) is 9.74. The molecule has 0 aromatic rings. The maximum atomic E-state index is 12.0. The summed E-state index contributed by atoms with van der Waals surface area (Å²) >= 11 is 0. The molecule has 2 fully saturated rings. The van der Waals surface area contributed by atoms with E-state index in [1.165, 1.54) is 6.42 Å². The summed E-state index contributed by atoms with van der Waals surface area (Å²) in [5.74, 6) is 2.48. The molecule has 0 aromatic carbocycles. The molecule has 0 radical (unpaired) electrons. The molecule has 0 aromatic heterocycles. The van der Waals surface area contributed by atoms with Crippen LogP contribution in [0.4, 0.5) is 0 Å². The van der Waals surface area contributed by atoms with Gasteiger partial charge in [0, 0.05) is 33.2 Å². The van der Waals surface area contributed by atoms with Crippen molar-refractivity contribution in [3.63, 3.8) is 0 Å². The van der Waals surface area contributed by atoms with E-state index in [-0.39, 0.29) is 0 Å². The van der Waals surface area contributed by atoms with Gasteiger partial charge in [-0.2, -0.15) is 0 Å². The molecule has 3 heteroatoms.